The van der Waals surface area contributed by atoms with Crippen molar-refractivity contribution in [1.82, 2.24) is 0 Å². The molecular weight excluding hydrogens is 204 g/mol. The first-order chi connectivity index (χ1) is 7.59. The van der Waals surface area contributed by atoms with E-state index in [0.717, 1.165) is 11.3 Å². The Kier molecular flexibility index (Phi) is 4.83. The first-order valence-corrected chi connectivity index (χ1v) is 5.43. The molecule has 0 saturated heterocycles. The molecule has 0 atom stereocenters. The highest BCUT2D eigenvalue weighted by Crippen LogP contribution is 2.15. The van der Waals surface area contributed by atoms with Crippen molar-refractivity contribution in [2.24, 2.45) is 5.92 Å². The van der Waals surface area contributed by atoms with Gasteiger partial charge in [0.1, 0.15) is 5.75 Å². The van der Waals surface area contributed by atoms with Gasteiger partial charge in [-0.3, -0.25) is 0 Å². The maximum atomic E-state index is 11.3. The number of carbonyl (C=O) groups is 1. The molecule has 3 heteroatoms. The molecule has 0 aliphatic heterocycles. The molecule has 0 saturated carbocycles. The zero-order chi connectivity index (χ0) is 12.0. The molecule has 3 nitrogen and oxygen atoms in total. The van der Waals surface area contributed by atoms with Crippen LogP contribution < -0.4 is 4.74 Å². The smallest absolute Gasteiger partial charge is 0.344 e. The summed E-state index contributed by atoms with van der Waals surface area (Å²) in [5, 5.41) is 0. The minimum atomic E-state index is -0.322. The SMILES string of the molecule is Cc1ccccc1OCC(=O)OCC(C)C. The van der Waals surface area contributed by atoms with Crippen LogP contribution in [0.3, 0.4) is 0 Å². The number of hydrogen-bond acceptors (Lipinski definition) is 3. The van der Waals surface area contributed by atoms with Crippen LogP contribution in [0.25, 0.3) is 0 Å². The van der Waals surface area contributed by atoms with E-state index in [0.29, 0.717) is 12.5 Å². The summed E-state index contributed by atoms with van der Waals surface area (Å²) in [6.07, 6.45) is 0. The van der Waals surface area contributed by atoms with E-state index in [1.807, 2.05) is 45.0 Å². The highest BCUT2D eigenvalue weighted by atomic mass is 16.6. The maximum absolute atomic E-state index is 11.3. The molecule has 0 spiro atoms. The van der Waals surface area contributed by atoms with Crippen LogP contribution in [-0.2, 0) is 9.53 Å². The van der Waals surface area contributed by atoms with Gasteiger partial charge >= 0.3 is 5.97 Å². The van der Waals surface area contributed by atoms with Crippen molar-refractivity contribution in [3.05, 3.63) is 29.8 Å². The van der Waals surface area contributed by atoms with Crippen LogP contribution in [0.15, 0.2) is 24.3 Å². The van der Waals surface area contributed by atoms with Gasteiger partial charge < -0.3 is 9.47 Å². The fraction of sp³-hybridized carbons (Fsp3) is 0.462. The summed E-state index contributed by atoms with van der Waals surface area (Å²) in [7, 11) is 0. The second-order valence-electron chi connectivity index (χ2n) is 4.13. The van der Waals surface area contributed by atoms with Gasteiger partial charge in [-0.25, -0.2) is 4.79 Å². The van der Waals surface area contributed by atoms with Crippen LogP contribution in [0.4, 0.5) is 0 Å². The van der Waals surface area contributed by atoms with Gasteiger partial charge in [0.05, 0.1) is 6.61 Å². The van der Waals surface area contributed by atoms with Crippen molar-refractivity contribution < 1.29 is 14.3 Å². The lowest BCUT2D eigenvalue weighted by Crippen LogP contribution is -2.17. The molecule has 88 valence electrons. The Balaban J connectivity index is 2.35. The molecule has 0 N–H and O–H groups in total. The average molecular weight is 222 g/mol. The average Bonchev–Trinajstić information content (AvgIpc) is 2.25. The Labute approximate surface area is 96.4 Å². The summed E-state index contributed by atoms with van der Waals surface area (Å²) >= 11 is 0. The number of aryl methyl sites for hydroxylation is 1. The topological polar surface area (TPSA) is 35.5 Å². The van der Waals surface area contributed by atoms with E-state index in [1.54, 1.807) is 0 Å². The molecule has 0 radical (unpaired) electrons. The van der Waals surface area contributed by atoms with Gasteiger partial charge in [-0.1, -0.05) is 32.0 Å². The van der Waals surface area contributed by atoms with Gasteiger partial charge in [0.25, 0.3) is 0 Å². The van der Waals surface area contributed by atoms with Crippen LogP contribution in [0.5, 0.6) is 5.75 Å². The number of carbonyl (C=O) groups excluding carboxylic acids is 1. The Hall–Kier alpha value is -1.51. The van der Waals surface area contributed by atoms with Crippen LogP contribution in [-0.4, -0.2) is 19.2 Å². The number of benzene rings is 1. The van der Waals surface area contributed by atoms with Crippen molar-refractivity contribution in [3.63, 3.8) is 0 Å². The Morgan fingerprint density at radius 2 is 2.00 bits per heavy atom. The standard InChI is InChI=1S/C13H18O3/c1-10(2)8-16-13(14)9-15-12-7-5-4-6-11(12)3/h4-7,10H,8-9H2,1-3H3. The summed E-state index contributed by atoms with van der Waals surface area (Å²) in [4.78, 5) is 11.3. The fourth-order valence-corrected chi connectivity index (χ4v) is 1.16. The van der Waals surface area contributed by atoms with Crippen LogP contribution in [0.1, 0.15) is 19.4 Å². The molecule has 1 aromatic rings. The molecule has 1 rings (SSSR count). The molecule has 0 aromatic heterocycles. The Morgan fingerprint density at radius 1 is 1.31 bits per heavy atom. The van der Waals surface area contributed by atoms with E-state index in [-0.39, 0.29) is 12.6 Å². The third-order valence-electron chi connectivity index (χ3n) is 2.02. The summed E-state index contributed by atoms with van der Waals surface area (Å²) < 4.78 is 10.4. The maximum Gasteiger partial charge on any atom is 0.344 e. The highest BCUT2D eigenvalue weighted by Gasteiger charge is 2.06. The third kappa shape index (κ3) is 4.34. The minimum Gasteiger partial charge on any atom is -0.482 e. The monoisotopic (exact) mass is 222 g/mol. The van der Waals surface area contributed by atoms with Gasteiger partial charge in [-0.2, -0.15) is 0 Å². The predicted octanol–water partition coefficient (Wildman–Crippen LogP) is 2.57. The highest BCUT2D eigenvalue weighted by molar-refractivity contribution is 5.71. The number of ether oxygens (including phenoxy) is 2. The van der Waals surface area contributed by atoms with Crippen molar-refractivity contribution in [2.45, 2.75) is 20.8 Å². The van der Waals surface area contributed by atoms with Gasteiger partial charge in [0.15, 0.2) is 6.61 Å². The quantitative estimate of drug-likeness (QED) is 0.718. The number of esters is 1. The van der Waals surface area contributed by atoms with E-state index in [9.17, 15) is 4.79 Å². The van der Waals surface area contributed by atoms with E-state index < -0.39 is 0 Å². The first kappa shape index (κ1) is 12.6. The zero-order valence-electron chi connectivity index (χ0n) is 10.0. The number of rotatable bonds is 5. The zero-order valence-corrected chi connectivity index (χ0v) is 10.0. The molecule has 16 heavy (non-hydrogen) atoms. The van der Waals surface area contributed by atoms with E-state index in [1.165, 1.54) is 0 Å². The summed E-state index contributed by atoms with van der Waals surface area (Å²) in [6, 6.07) is 7.58. The van der Waals surface area contributed by atoms with Crippen LogP contribution in [0, 0.1) is 12.8 Å². The predicted molar refractivity (Wildman–Crippen MR) is 62.5 cm³/mol. The molecule has 0 amide bonds. The molecule has 1 aromatic carbocycles. The summed E-state index contributed by atoms with van der Waals surface area (Å²) in [6.45, 7) is 6.34. The largest absolute Gasteiger partial charge is 0.482 e. The molecular formula is C13H18O3. The van der Waals surface area contributed by atoms with Gasteiger partial charge in [0.2, 0.25) is 0 Å². The number of para-hydroxylation sites is 1. The second-order valence-corrected chi connectivity index (χ2v) is 4.13. The summed E-state index contributed by atoms with van der Waals surface area (Å²) in [5.74, 6) is 0.753. The molecule has 0 fully saturated rings. The van der Waals surface area contributed by atoms with Crippen LogP contribution in [0.2, 0.25) is 0 Å². The second kappa shape index (κ2) is 6.16. The third-order valence-corrected chi connectivity index (χ3v) is 2.02. The molecule has 0 bridgehead atoms. The van der Waals surface area contributed by atoms with E-state index in [4.69, 9.17) is 9.47 Å². The lowest BCUT2D eigenvalue weighted by molar-refractivity contribution is -0.147. The minimum absolute atomic E-state index is 0.0302. The first-order valence-electron chi connectivity index (χ1n) is 5.43. The lowest BCUT2D eigenvalue weighted by Gasteiger charge is -2.09. The van der Waals surface area contributed by atoms with E-state index >= 15 is 0 Å². The van der Waals surface area contributed by atoms with Gasteiger partial charge in [-0.15, -0.1) is 0 Å². The van der Waals surface area contributed by atoms with Crippen molar-refractivity contribution in [3.8, 4) is 5.75 Å². The normalized spacial score (nSPS) is 10.2. The van der Waals surface area contributed by atoms with E-state index in [2.05, 4.69) is 0 Å². The fourth-order valence-electron chi connectivity index (χ4n) is 1.16. The lowest BCUT2D eigenvalue weighted by atomic mass is 10.2. The van der Waals surface area contributed by atoms with Crippen molar-refractivity contribution >= 4 is 5.97 Å². The molecule has 0 heterocycles. The summed E-state index contributed by atoms with van der Waals surface area (Å²) in [5.41, 5.74) is 1.01. The Morgan fingerprint density at radius 3 is 2.62 bits per heavy atom. The molecule has 0 aliphatic carbocycles. The molecule has 0 unspecified atom stereocenters. The van der Waals surface area contributed by atoms with Crippen molar-refractivity contribution in [1.29, 1.82) is 0 Å². The van der Waals surface area contributed by atoms with Crippen molar-refractivity contribution in [2.75, 3.05) is 13.2 Å². The number of hydrogen-bond donors (Lipinski definition) is 0. The Bertz CT molecular complexity index is 345. The van der Waals surface area contributed by atoms with Gasteiger partial charge in [-0.05, 0) is 24.5 Å². The van der Waals surface area contributed by atoms with Gasteiger partial charge in [0, 0.05) is 0 Å². The molecule has 0 aliphatic rings. The van der Waals surface area contributed by atoms with Crippen LogP contribution >= 0.6 is 0 Å².